The number of hydrogen-bond donors (Lipinski definition) is 1. The summed E-state index contributed by atoms with van der Waals surface area (Å²) in [6.45, 7) is 3.36. The summed E-state index contributed by atoms with van der Waals surface area (Å²) in [6.07, 6.45) is 3.79. The molecule has 0 radical (unpaired) electrons. The molecule has 112 valence electrons. The lowest BCUT2D eigenvalue weighted by atomic mass is 9.95. The number of likely N-dealkylation sites (tertiary alicyclic amines) is 1. The molecule has 0 unspecified atom stereocenters. The van der Waals surface area contributed by atoms with Gasteiger partial charge in [-0.25, -0.2) is 0 Å². The molecule has 0 spiro atoms. The number of carbonyl (C=O) groups is 2. The molecule has 4 heteroatoms. The Morgan fingerprint density at radius 2 is 1.67 bits per heavy atom. The Balaban J connectivity index is 1.53. The zero-order valence-electron chi connectivity index (χ0n) is 12.5. The quantitative estimate of drug-likeness (QED) is 0.925. The number of benzene rings is 1. The highest BCUT2D eigenvalue weighted by Crippen LogP contribution is 2.23. The van der Waals surface area contributed by atoms with E-state index >= 15 is 0 Å². The van der Waals surface area contributed by atoms with Gasteiger partial charge in [0, 0.05) is 30.6 Å². The van der Waals surface area contributed by atoms with Gasteiger partial charge in [0.15, 0.2) is 0 Å². The van der Waals surface area contributed by atoms with Crippen molar-refractivity contribution in [1.82, 2.24) is 10.2 Å². The summed E-state index contributed by atoms with van der Waals surface area (Å²) in [5.41, 5.74) is 1.89. The molecule has 21 heavy (non-hydrogen) atoms. The highest BCUT2D eigenvalue weighted by molar-refractivity contribution is 5.94. The molecule has 1 N–H and O–H groups in total. The number of amides is 2. The van der Waals surface area contributed by atoms with Gasteiger partial charge in [-0.2, -0.15) is 0 Å². The van der Waals surface area contributed by atoms with Crippen molar-refractivity contribution < 1.29 is 9.59 Å². The molecule has 0 atom stereocenters. The summed E-state index contributed by atoms with van der Waals surface area (Å²) in [5, 5.41) is 3.06. The molecule has 1 heterocycles. The van der Waals surface area contributed by atoms with Crippen LogP contribution in [0.5, 0.6) is 0 Å². The fourth-order valence-corrected chi connectivity index (χ4v) is 2.77. The molecule has 2 amide bonds. The van der Waals surface area contributed by atoms with Crippen molar-refractivity contribution in [2.24, 2.45) is 5.92 Å². The normalized spacial score (nSPS) is 19.4. The van der Waals surface area contributed by atoms with Crippen LogP contribution in [-0.2, 0) is 4.79 Å². The van der Waals surface area contributed by atoms with E-state index in [1.54, 1.807) is 0 Å². The van der Waals surface area contributed by atoms with Gasteiger partial charge in [-0.1, -0.05) is 17.7 Å². The molecule has 2 fully saturated rings. The van der Waals surface area contributed by atoms with Crippen LogP contribution in [-0.4, -0.2) is 35.8 Å². The molecule has 1 aliphatic carbocycles. The Labute approximate surface area is 125 Å². The SMILES string of the molecule is Cc1ccc(C(=O)N2CCC(C(=O)NC3CC3)CC2)cc1. The molecular formula is C17H22N2O2. The highest BCUT2D eigenvalue weighted by Gasteiger charge is 2.31. The Hall–Kier alpha value is -1.84. The number of nitrogens with one attached hydrogen (secondary N) is 1. The first kappa shape index (κ1) is 14.1. The first-order chi connectivity index (χ1) is 10.1. The van der Waals surface area contributed by atoms with Gasteiger partial charge < -0.3 is 10.2 Å². The van der Waals surface area contributed by atoms with Crippen LogP contribution in [0.3, 0.4) is 0 Å². The monoisotopic (exact) mass is 286 g/mol. The largest absolute Gasteiger partial charge is 0.353 e. The lowest BCUT2D eigenvalue weighted by Crippen LogP contribution is -2.43. The summed E-state index contributed by atoms with van der Waals surface area (Å²) in [4.78, 5) is 26.3. The summed E-state index contributed by atoms with van der Waals surface area (Å²) in [5.74, 6) is 0.337. The highest BCUT2D eigenvalue weighted by atomic mass is 16.2. The number of rotatable bonds is 3. The van der Waals surface area contributed by atoms with Gasteiger partial charge >= 0.3 is 0 Å². The van der Waals surface area contributed by atoms with E-state index in [-0.39, 0.29) is 17.7 Å². The molecule has 3 rings (SSSR count). The standard InChI is InChI=1S/C17H22N2O2/c1-12-2-4-14(5-3-12)17(21)19-10-8-13(9-11-19)16(20)18-15-6-7-15/h2-5,13,15H,6-11H2,1H3,(H,18,20). The fraction of sp³-hybridized carbons (Fsp3) is 0.529. The number of hydrogen-bond acceptors (Lipinski definition) is 2. The molecule has 0 bridgehead atoms. The summed E-state index contributed by atoms with van der Waals surface area (Å²) < 4.78 is 0. The van der Waals surface area contributed by atoms with Gasteiger partial charge in [0.1, 0.15) is 0 Å². The molecule has 1 aliphatic heterocycles. The third kappa shape index (κ3) is 3.43. The van der Waals surface area contributed by atoms with Crippen LogP contribution in [0.2, 0.25) is 0 Å². The molecule has 1 aromatic carbocycles. The van der Waals surface area contributed by atoms with E-state index in [9.17, 15) is 9.59 Å². The van der Waals surface area contributed by atoms with Gasteiger partial charge in [-0.3, -0.25) is 9.59 Å². The summed E-state index contributed by atoms with van der Waals surface area (Å²) in [6, 6.07) is 8.10. The fourth-order valence-electron chi connectivity index (χ4n) is 2.77. The minimum Gasteiger partial charge on any atom is -0.353 e. The zero-order valence-corrected chi connectivity index (χ0v) is 12.5. The smallest absolute Gasteiger partial charge is 0.253 e. The van der Waals surface area contributed by atoms with Crippen molar-refractivity contribution in [1.29, 1.82) is 0 Å². The average Bonchev–Trinajstić information content (AvgIpc) is 3.31. The Morgan fingerprint density at radius 3 is 2.24 bits per heavy atom. The number of nitrogens with zero attached hydrogens (tertiary/aromatic N) is 1. The zero-order chi connectivity index (χ0) is 14.8. The topological polar surface area (TPSA) is 49.4 Å². The maximum atomic E-state index is 12.4. The van der Waals surface area contributed by atoms with Crippen LogP contribution in [0, 0.1) is 12.8 Å². The van der Waals surface area contributed by atoms with Gasteiger partial charge in [0.2, 0.25) is 5.91 Å². The van der Waals surface area contributed by atoms with Gasteiger partial charge in [0.25, 0.3) is 5.91 Å². The van der Waals surface area contributed by atoms with Crippen molar-refractivity contribution >= 4 is 11.8 Å². The third-order valence-electron chi connectivity index (χ3n) is 4.38. The minimum absolute atomic E-state index is 0.0765. The number of aryl methyl sites for hydroxylation is 1. The van der Waals surface area contributed by atoms with E-state index in [1.807, 2.05) is 36.1 Å². The Morgan fingerprint density at radius 1 is 1.05 bits per heavy atom. The average molecular weight is 286 g/mol. The molecule has 1 aromatic rings. The number of piperidine rings is 1. The van der Waals surface area contributed by atoms with Gasteiger partial charge in [-0.05, 0) is 44.7 Å². The van der Waals surface area contributed by atoms with E-state index in [2.05, 4.69) is 5.32 Å². The predicted molar refractivity (Wildman–Crippen MR) is 81.0 cm³/mol. The van der Waals surface area contributed by atoms with Crippen molar-refractivity contribution in [3.63, 3.8) is 0 Å². The lowest BCUT2D eigenvalue weighted by molar-refractivity contribution is -0.126. The lowest BCUT2D eigenvalue weighted by Gasteiger charge is -2.31. The molecule has 4 nitrogen and oxygen atoms in total. The van der Waals surface area contributed by atoms with Crippen molar-refractivity contribution in [3.8, 4) is 0 Å². The minimum atomic E-state index is 0.0765. The van der Waals surface area contributed by atoms with Gasteiger partial charge in [0.05, 0.1) is 0 Å². The van der Waals surface area contributed by atoms with E-state index in [0.29, 0.717) is 19.1 Å². The third-order valence-corrected chi connectivity index (χ3v) is 4.38. The van der Waals surface area contributed by atoms with Crippen LogP contribution in [0.4, 0.5) is 0 Å². The summed E-state index contributed by atoms with van der Waals surface area (Å²) in [7, 11) is 0. The maximum Gasteiger partial charge on any atom is 0.253 e. The van der Waals surface area contributed by atoms with Gasteiger partial charge in [-0.15, -0.1) is 0 Å². The maximum absolute atomic E-state index is 12.4. The molecule has 1 saturated carbocycles. The van der Waals surface area contributed by atoms with E-state index in [4.69, 9.17) is 0 Å². The Kier molecular flexibility index (Phi) is 3.95. The first-order valence-corrected chi connectivity index (χ1v) is 7.80. The van der Waals surface area contributed by atoms with Crippen molar-refractivity contribution in [2.45, 2.75) is 38.6 Å². The molecule has 1 saturated heterocycles. The second kappa shape index (κ2) is 5.88. The van der Waals surface area contributed by atoms with Crippen molar-refractivity contribution in [2.75, 3.05) is 13.1 Å². The van der Waals surface area contributed by atoms with Crippen molar-refractivity contribution in [3.05, 3.63) is 35.4 Å². The van der Waals surface area contributed by atoms with Crippen LogP contribution < -0.4 is 5.32 Å². The van der Waals surface area contributed by atoms with Crippen LogP contribution >= 0.6 is 0 Å². The molecule has 2 aliphatic rings. The molecular weight excluding hydrogens is 264 g/mol. The van der Waals surface area contributed by atoms with Crippen LogP contribution in [0.25, 0.3) is 0 Å². The van der Waals surface area contributed by atoms with E-state index < -0.39 is 0 Å². The second-order valence-electron chi connectivity index (χ2n) is 6.22. The number of carbonyl (C=O) groups excluding carboxylic acids is 2. The van der Waals surface area contributed by atoms with Crippen LogP contribution in [0.15, 0.2) is 24.3 Å². The van der Waals surface area contributed by atoms with E-state index in [0.717, 1.165) is 36.8 Å². The Bertz CT molecular complexity index is 526. The van der Waals surface area contributed by atoms with E-state index in [1.165, 1.54) is 0 Å². The predicted octanol–water partition coefficient (Wildman–Crippen LogP) is 2.13. The van der Waals surface area contributed by atoms with Crippen LogP contribution in [0.1, 0.15) is 41.6 Å². The first-order valence-electron chi connectivity index (χ1n) is 7.80. The second-order valence-corrected chi connectivity index (χ2v) is 6.22. The molecule has 0 aromatic heterocycles. The summed E-state index contributed by atoms with van der Waals surface area (Å²) >= 11 is 0.